The van der Waals surface area contributed by atoms with Crippen LogP contribution in [0.1, 0.15) is 18.1 Å². The molecule has 0 saturated carbocycles. The molecule has 0 fully saturated rings. The lowest BCUT2D eigenvalue weighted by molar-refractivity contribution is -0.132. The zero-order valence-corrected chi connectivity index (χ0v) is 15.8. The molecule has 0 aromatic heterocycles. The number of nitrogens with one attached hydrogen (secondary N) is 2. The van der Waals surface area contributed by atoms with Gasteiger partial charge >= 0.3 is 0 Å². The Morgan fingerprint density at radius 2 is 2.08 bits per heavy atom. The topological polar surface area (TPSA) is 76.7 Å². The third kappa shape index (κ3) is 4.76. The summed E-state index contributed by atoms with van der Waals surface area (Å²) in [5.41, 5.74) is 6.79. The summed E-state index contributed by atoms with van der Waals surface area (Å²) in [6.45, 7) is 2.29. The second kappa shape index (κ2) is 8.23. The molecule has 1 aliphatic heterocycles. The summed E-state index contributed by atoms with van der Waals surface area (Å²) >= 11 is 3.34. The lowest BCUT2D eigenvalue weighted by Gasteiger charge is -2.15. The van der Waals surface area contributed by atoms with Gasteiger partial charge in [0.2, 0.25) is 5.91 Å². The van der Waals surface area contributed by atoms with Gasteiger partial charge in [0, 0.05) is 10.9 Å². The van der Waals surface area contributed by atoms with Crippen molar-refractivity contribution in [3.8, 4) is 11.5 Å². The van der Waals surface area contributed by atoms with E-state index in [1.165, 1.54) is 0 Å². The minimum atomic E-state index is -0.748. The molecule has 1 aliphatic rings. The molecule has 0 saturated heterocycles. The molecular weight excluding hydrogens is 400 g/mol. The Morgan fingerprint density at radius 1 is 1.23 bits per heavy atom. The van der Waals surface area contributed by atoms with E-state index in [2.05, 4.69) is 26.8 Å². The summed E-state index contributed by atoms with van der Waals surface area (Å²) in [5.74, 6) is 0.710. The summed E-state index contributed by atoms with van der Waals surface area (Å²) in [5, 5.41) is 0. The summed E-state index contributed by atoms with van der Waals surface area (Å²) in [6, 6.07) is 12.9. The average molecular weight is 419 g/mol. The number of hydrogen-bond acceptors (Lipinski definition) is 4. The first-order valence-corrected chi connectivity index (χ1v) is 9.06. The fourth-order valence-corrected chi connectivity index (χ4v) is 2.99. The van der Waals surface area contributed by atoms with E-state index in [0.717, 1.165) is 27.8 Å². The fourth-order valence-electron chi connectivity index (χ4n) is 2.61. The van der Waals surface area contributed by atoms with Gasteiger partial charge in [-0.3, -0.25) is 20.4 Å². The van der Waals surface area contributed by atoms with Gasteiger partial charge in [-0.1, -0.05) is 34.1 Å². The molecule has 1 unspecified atom stereocenters. The molecule has 26 heavy (non-hydrogen) atoms. The van der Waals surface area contributed by atoms with Crippen LogP contribution in [0.2, 0.25) is 0 Å². The van der Waals surface area contributed by atoms with E-state index >= 15 is 0 Å². The van der Waals surface area contributed by atoms with Gasteiger partial charge in [0.05, 0.1) is 13.0 Å². The van der Waals surface area contributed by atoms with E-state index in [-0.39, 0.29) is 12.3 Å². The van der Waals surface area contributed by atoms with Crippen LogP contribution in [0.3, 0.4) is 0 Å². The highest BCUT2D eigenvalue weighted by atomic mass is 79.9. The van der Waals surface area contributed by atoms with E-state index in [9.17, 15) is 9.59 Å². The molecule has 6 nitrogen and oxygen atoms in total. The summed E-state index contributed by atoms with van der Waals surface area (Å²) < 4.78 is 11.9. The van der Waals surface area contributed by atoms with Gasteiger partial charge in [-0.2, -0.15) is 0 Å². The average Bonchev–Trinajstić information content (AvgIpc) is 3.07. The van der Waals surface area contributed by atoms with Crippen molar-refractivity contribution in [3.63, 3.8) is 0 Å². The van der Waals surface area contributed by atoms with Crippen molar-refractivity contribution in [2.75, 3.05) is 6.61 Å². The van der Waals surface area contributed by atoms with Crippen molar-refractivity contribution in [2.24, 2.45) is 0 Å². The predicted molar refractivity (Wildman–Crippen MR) is 99.9 cm³/mol. The molecule has 1 atom stereocenters. The van der Waals surface area contributed by atoms with Crippen LogP contribution in [0.25, 0.3) is 0 Å². The zero-order chi connectivity index (χ0) is 18.5. The third-order valence-corrected chi connectivity index (χ3v) is 4.42. The summed E-state index contributed by atoms with van der Waals surface area (Å²) in [7, 11) is 0. The minimum Gasteiger partial charge on any atom is -0.493 e. The third-order valence-electron chi connectivity index (χ3n) is 3.92. The Hall–Kier alpha value is -2.54. The highest BCUT2D eigenvalue weighted by molar-refractivity contribution is 9.10. The molecule has 136 valence electrons. The Balaban J connectivity index is 1.47. The largest absolute Gasteiger partial charge is 0.493 e. The summed E-state index contributed by atoms with van der Waals surface area (Å²) in [4.78, 5) is 24.1. The van der Waals surface area contributed by atoms with Crippen LogP contribution in [0.5, 0.6) is 11.5 Å². The molecule has 1 heterocycles. The molecule has 2 aromatic carbocycles. The van der Waals surface area contributed by atoms with E-state index in [4.69, 9.17) is 9.47 Å². The van der Waals surface area contributed by atoms with E-state index in [1.54, 1.807) is 19.1 Å². The van der Waals surface area contributed by atoms with Gasteiger partial charge in [0.1, 0.15) is 11.5 Å². The lowest BCUT2D eigenvalue weighted by Crippen LogP contribution is -2.47. The number of ether oxygens (including phenoxy) is 2. The standard InChI is InChI=1S/C19H19BrN2O4/c1-12(26-16-4-2-3-15(20)11-16)19(24)22-21-18(23)10-13-5-6-17-14(9-13)7-8-25-17/h2-6,9,11-12H,7-8,10H2,1H3,(H,21,23)(H,22,24). The second-order valence-electron chi connectivity index (χ2n) is 5.97. The molecule has 0 spiro atoms. The Kier molecular flexibility index (Phi) is 5.78. The van der Waals surface area contributed by atoms with Crippen molar-refractivity contribution in [3.05, 3.63) is 58.1 Å². The van der Waals surface area contributed by atoms with Gasteiger partial charge in [0.15, 0.2) is 6.10 Å². The van der Waals surface area contributed by atoms with Crippen molar-refractivity contribution in [1.29, 1.82) is 0 Å². The number of hydrogen-bond donors (Lipinski definition) is 2. The van der Waals surface area contributed by atoms with Crippen LogP contribution < -0.4 is 20.3 Å². The SMILES string of the molecule is CC(Oc1cccc(Br)c1)C(=O)NNC(=O)Cc1ccc2c(c1)CCO2. The van der Waals surface area contributed by atoms with Crippen LogP contribution in [0.4, 0.5) is 0 Å². The van der Waals surface area contributed by atoms with Gasteiger partial charge in [-0.15, -0.1) is 0 Å². The molecule has 7 heteroatoms. The number of carbonyl (C=O) groups excluding carboxylic acids is 2. The molecule has 0 bridgehead atoms. The monoisotopic (exact) mass is 418 g/mol. The fraction of sp³-hybridized carbons (Fsp3) is 0.263. The Labute approximate surface area is 160 Å². The van der Waals surface area contributed by atoms with Crippen molar-refractivity contribution < 1.29 is 19.1 Å². The number of benzene rings is 2. The first-order valence-electron chi connectivity index (χ1n) is 8.27. The van der Waals surface area contributed by atoms with Crippen molar-refractivity contribution in [1.82, 2.24) is 10.9 Å². The van der Waals surface area contributed by atoms with E-state index in [0.29, 0.717) is 12.4 Å². The molecule has 2 amide bonds. The second-order valence-corrected chi connectivity index (χ2v) is 6.89. The maximum absolute atomic E-state index is 12.1. The molecule has 0 radical (unpaired) electrons. The van der Waals surface area contributed by atoms with E-state index < -0.39 is 12.0 Å². The number of fused-ring (bicyclic) bond motifs is 1. The molecule has 2 N–H and O–H groups in total. The molecular formula is C19H19BrN2O4. The maximum atomic E-state index is 12.1. The Morgan fingerprint density at radius 3 is 2.88 bits per heavy atom. The highest BCUT2D eigenvalue weighted by Crippen LogP contribution is 2.26. The minimum absolute atomic E-state index is 0.175. The normalized spacial score (nSPS) is 13.3. The number of amides is 2. The van der Waals surface area contributed by atoms with Gasteiger partial charge in [-0.25, -0.2) is 0 Å². The number of rotatable bonds is 5. The van der Waals surface area contributed by atoms with Crippen molar-refractivity contribution >= 4 is 27.7 Å². The first kappa shape index (κ1) is 18.3. The lowest BCUT2D eigenvalue weighted by atomic mass is 10.1. The van der Waals surface area contributed by atoms with Crippen LogP contribution in [0.15, 0.2) is 46.9 Å². The molecule has 3 rings (SSSR count). The number of carbonyl (C=O) groups is 2. The van der Waals surface area contributed by atoms with Crippen LogP contribution in [0, 0.1) is 0 Å². The predicted octanol–water partition coefficient (Wildman–Crippen LogP) is 2.54. The molecule has 2 aromatic rings. The smallest absolute Gasteiger partial charge is 0.279 e. The first-order chi connectivity index (χ1) is 12.5. The van der Waals surface area contributed by atoms with Crippen LogP contribution in [-0.2, 0) is 22.4 Å². The van der Waals surface area contributed by atoms with Gasteiger partial charge < -0.3 is 9.47 Å². The zero-order valence-electron chi connectivity index (χ0n) is 14.3. The highest BCUT2D eigenvalue weighted by Gasteiger charge is 2.17. The maximum Gasteiger partial charge on any atom is 0.279 e. The number of hydrazine groups is 1. The van der Waals surface area contributed by atoms with Gasteiger partial charge in [0.25, 0.3) is 5.91 Å². The Bertz CT molecular complexity index is 825. The van der Waals surface area contributed by atoms with E-state index in [1.807, 2.05) is 30.3 Å². The summed E-state index contributed by atoms with van der Waals surface area (Å²) in [6.07, 6.45) is 0.280. The van der Waals surface area contributed by atoms with Crippen LogP contribution in [-0.4, -0.2) is 24.5 Å². The van der Waals surface area contributed by atoms with Crippen molar-refractivity contribution in [2.45, 2.75) is 25.9 Å². The number of halogens is 1. The molecule has 0 aliphatic carbocycles. The van der Waals surface area contributed by atoms with Gasteiger partial charge in [-0.05, 0) is 42.3 Å². The quantitative estimate of drug-likeness (QED) is 0.731. The van der Waals surface area contributed by atoms with Crippen LogP contribution >= 0.6 is 15.9 Å².